The van der Waals surface area contributed by atoms with Crippen LogP contribution in [0, 0.1) is 5.92 Å². The number of ether oxygens (including phenoxy) is 1. The van der Waals surface area contributed by atoms with E-state index in [1.54, 1.807) is 29.6 Å². The third-order valence-corrected chi connectivity index (χ3v) is 9.94. The molecule has 0 aliphatic carbocycles. The Kier molecular flexibility index (Phi) is 8.44. The summed E-state index contributed by atoms with van der Waals surface area (Å²) in [6.45, 7) is 5.60. The van der Waals surface area contributed by atoms with Crippen LogP contribution in [0.1, 0.15) is 45.4 Å². The standard InChI is InChI=1S/C21H32BrClN2O3S/c1-16-9-12-24(18(14-16)15-28-2)13-10-17-6-3-4-11-25(17)29(26,27)20-8-5-7-19(23)21(20)22/h5,7-8,16-18H,3-4,6,9-15H2,1-2H3. The van der Waals surface area contributed by atoms with Gasteiger partial charge in [-0.05, 0) is 72.6 Å². The summed E-state index contributed by atoms with van der Waals surface area (Å²) in [6.07, 6.45) is 6.09. The quantitative estimate of drug-likeness (QED) is 0.533. The summed E-state index contributed by atoms with van der Waals surface area (Å²) in [7, 11) is -1.83. The second-order valence-corrected chi connectivity index (χ2v) is 11.4. The Labute approximate surface area is 188 Å². The Morgan fingerprint density at radius 1 is 1.21 bits per heavy atom. The highest BCUT2D eigenvalue weighted by Gasteiger charge is 2.36. The Bertz CT molecular complexity index is 792. The highest BCUT2D eigenvalue weighted by atomic mass is 79.9. The van der Waals surface area contributed by atoms with Gasteiger partial charge < -0.3 is 4.74 Å². The van der Waals surface area contributed by atoms with Gasteiger partial charge in [-0.1, -0.05) is 31.0 Å². The molecule has 2 fully saturated rings. The van der Waals surface area contributed by atoms with Gasteiger partial charge in [-0.25, -0.2) is 8.42 Å². The van der Waals surface area contributed by atoms with Crippen molar-refractivity contribution in [2.24, 2.45) is 5.92 Å². The molecule has 164 valence electrons. The molecule has 5 nitrogen and oxygen atoms in total. The van der Waals surface area contributed by atoms with Gasteiger partial charge in [0.05, 0.1) is 21.0 Å². The highest BCUT2D eigenvalue weighted by Crippen LogP contribution is 2.34. The van der Waals surface area contributed by atoms with Gasteiger partial charge in [0.25, 0.3) is 0 Å². The molecular weight excluding hydrogens is 476 g/mol. The van der Waals surface area contributed by atoms with Crippen LogP contribution in [0.3, 0.4) is 0 Å². The van der Waals surface area contributed by atoms with Gasteiger partial charge in [0.2, 0.25) is 10.0 Å². The van der Waals surface area contributed by atoms with Gasteiger partial charge >= 0.3 is 0 Å². The van der Waals surface area contributed by atoms with Gasteiger partial charge in [-0.3, -0.25) is 4.90 Å². The molecule has 0 spiro atoms. The number of nitrogens with zero attached hydrogens (tertiary/aromatic N) is 2. The minimum absolute atomic E-state index is 0.0298. The Hall–Kier alpha value is -0.180. The molecule has 0 saturated carbocycles. The van der Waals surface area contributed by atoms with Crippen LogP contribution in [-0.2, 0) is 14.8 Å². The second kappa shape index (κ2) is 10.4. The van der Waals surface area contributed by atoms with Crippen molar-refractivity contribution in [2.75, 3.05) is 33.4 Å². The second-order valence-electron chi connectivity index (χ2n) is 8.38. The van der Waals surface area contributed by atoms with Crippen molar-refractivity contribution >= 4 is 37.6 Å². The molecule has 0 N–H and O–H groups in total. The van der Waals surface area contributed by atoms with Crippen molar-refractivity contribution in [3.8, 4) is 0 Å². The summed E-state index contributed by atoms with van der Waals surface area (Å²) in [5, 5.41) is 0.421. The van der Waals surface area contributed by atoms with Gasteiger partial charge in [-0.2, -0.15) is 4.31 Å². The first kappa shape index (κ1) is 23.5. The van der Waals surface area contributed by atoms with E-state index in [-0.39, 0.29) is 10.9 Å². The third-order valence-electron chi connectivity index (χ3n) is 6.28. The maximum Gasteiger partial charge on any atom is 0.244 e. The molecule has 0 aromatic heterocycles. The first-order valence-electron chi connectivity index (χ1n) is 10.5. The van der Waals surface area contributed by atoms with Gasteiger partial charge in [-0.15, -0.1) is 0 Å². The third kappa shape index (κ3) is 5.55. The summed E-state index contributed by atoms with van der Waals surface area (Å²) in [5.41, 5.74) is 0. The SMILES string of the molecule is COCC1CC(C)CCN1CCC1CCCCN1S(=O)(=O)c1cccc(Cl)c1Br. The number of hydrogen-bond acceptors (Lipinski definition) is 4. The van der Waals surface area contributed by atoms with Crippen molar-refractivity contribution in [1.82, 2.24) is 9.21 Å². The van der Waals surface area contributed by atoms with Crippen LogP contribution in [0.5, 0.6) is 0 Å². The lowest BCUT2D eigenvalue weighted by molar-refractivity contribution is 0.0430. The predicted molar refractivity (Wildman–Crippen MR) is 121 cm³/mol. The van der Waals surface area contributed by atoms with Crippen LogP contribution in [0.2, 0.25) is 5.02 Å². The van der Waals surface area contributed by atoms with Gasteiger partial charge in [0.1, 0.15) is 0 Å². The molecule has 3 rings (SSSR count). The highest BCUT2D eigenvalue weighted by molar-refractivity contribution is 9.10. The maximum atomic E-state index is 13.4. The smallest absolute Gasteiger partial charge is 0.244 e. The zero-order valence-electron chi connectivity index (χ0n) is 17.3. The normalized spacial score (nSPS) is 27.2. The largest absolute Gasteiger partial charge is 0.383 e. The number of piperidine rings is 2. The van der Waals surface area contributed by atoms with E-state index in [1.165, 1.54) is 6.42 Å². The number of benzene rings is 1. The van der Waals surface area contributed by atoms with Crippen molar-refractivity contribution in [1.29, 1.82) is 0 Å². The molecule has 8 heteroatoms. The summed E-state index contributed by atoms with van der Waals surface area (Å²) < 4.78 is 34.5. The number of methoxy groups -OCH3 is 1. The molecule has 3 atom stereocenters. The molecule has 0 radical (unpaired) electrons. The number of hydrogen-bond donors (Lipinski definition) is 0. The number of halogens is 2. The lowest BCUT2D eigenvalue weighted by Crippen LogP contribution is -2.48. The lowest BCUT2D eigenvalue weighted by Gasteiger charge is -2.40. The Balaban J connectivity index is 1.73. The van der Waals surface area contributed by atoms with Crippen molar-refractivity contribution < 1.29 is 13.2 Å². The van der Waals surface area contributed by atoms with E-state index in [9.17, 15) is 8.42 Å². The number of sulfonamides is 1. The molecule has 3 unspecified atom stereocenters. The van der Waals surface area contributed by atoms with E-state index in [0.29, 0.717) is 22.1 Å². The molecule has 2 saturated heterocycles. The number of likely N-dealkylation sites (tertiary alicyclic amines) is 1. The van der Waals surface area contributed by atoms with E-state index in [4.69, 9.17) is 16.3 Å². The summed E-state index contributed by atoms with van der Waals surface area (Å²) in [4.78, 5) is 2.76. The molecule has 1 aromatic rings. The molecule has 0 bridgehead atoms. The molecular formula is C21H32BrClN2O3S. The summed E-state index contributed by atoms with van der Waals surface area (Å²) in [5.74, 6) is 0.720. The van der Waals surface area contributed by atoms with Crippen molar-refractivity contribution in [3.63, 3.8) is 0 Å². The Morgan fingerprint density at radius 3 is 2.76 bits per heavy atom. The monoisotopic (exact) mass is 506 g/mol. The average molecular weight is 508 g/mol. The summed E-state index contributed by atoms with van der Waals surface area (Å²) in [6, 6.07) is 5.49. The van der Waals surface area contributed by atoms with Crippen molar-refractivity contribution in [2.45, 2.75) is 62.4 Å². The van der Waals surface area contributed by atoms with E-state index in [2.05, 4.69) is 27.8 Å². The van der Waals surface area contributed by atoms with Crippen LogP contribution in [0.4, 0.5) is 0 Å². The maximum absolute atomic E-state index is 13.4. The minimum Gasteiger partial charge on any atom is -0.383 e. The molecule has 0 amide bonds. The zero-order valence-corrected chi connectivity index (χ0v) is 20.5. The van der Waals surface area contributed by atoms with Crippen LogP contribution in [0.25, 0.3) is 0 Å². The molecule has 29 heavy (non-hydrogen) atoms. The predicted octanol–water partition coefficient (Wildman–Crippen LogP) is 4.78. The van der Waals surface area contributed by atoms with E-state index < -0.39 is 10.0 Å². The minimum atomic E-state index is -3.59. The molecule has 2 aliphatic rings. The van der Waals surface area contributed by atoms with Gasteiger partial charge in [0.15, 0.2) is 0 Å². The number of rotatable bonds is 7. The lowest BCUT2D eigenvalue weighted by atomic mass is 9.92. The first-order chi connectivity index (χ1) is 13.8. The first-order valence-corrected chi connectivity index (χ1v) is 13.1. The average Bonchev–Trinajstić information content (AvgIpc) is 2.70. The molecule has 2 heterocycles. The fourth-order valence-corrected chi connectivity index (χ4v) is 7.58. The van der Waals surface area contributed by atoms with E-state index in [1.807, 2.05) is 0 Å². The van der Waals surface area contributed by atoms with Crippen LogP contribution >= 0.6 is 27.5 Å². The molecule has 1 aromatic carbocycles. The molecule has 2 aliphatic heterocycles. The van der Waals surface area contributed by atoms with Crippen LogP contribution < -0.4 is 0 Å². The summed E-state index contributed by atoms with van der Waals surface area (Å²) >= 11 is 9.54. The van der Waals surface area contributed by atoms with Crippen molar-refractivity contribution in [3.05, 3.63) is 27.7 Å². The zero-order chi connectivity index (χ0) is 21.0. The van der Waals surface area contributed by atoms with Gasteiger partial charge in [0, 0.05) is 32.3 Å². The van der Waals surface area contributed by atoms with Crippen LogP contribution in [-0.4, -0.2) is 63.1 Å². The fourth-order valence-electron chi connectivity index (χ4n) is 4.66. The fraction of sp³-hybridized carbons (Fsp3) is 0.714. The van der Waals surface area contributed by atoms with Crippen LogP contribution in [0.15, 0.2) is 27.6 Å². The topological polar surface area (TPSA) is 49.9 Å². The Morgan fingerprint density at radius 2 is 2.00 bits per heavy atom. The van der Waals surface area contributed by atoms with E-state index >= 15 is 0 Å². The van der Waals surface area contributed by atoms with E-state index in [0.717, 1.165) is 57.7 Å².